The van der Waals surface area contributed by atoms with Crippen LogP contribution in [-0.2, 0) is 9.59 Å². The van der Waals surface area contributed by atoms with Crippen molar-refractivity contribution in [1.29, 1.82) is 0 Å². The van der Waals surface area contributed by atoms with E-state index in [4.69, 9.17) is 9.84 Å². The minimum atomic E-state index is -1.06. The van der Waals surface area contributed by atoms with Gasteiger partial charge in [0.05, 0.1) is 6.21 Å². The fourth-order valence-corrected chi connectivity index (χ4v) is 1.46. The zero-order valence-electron chi connectivity index (χ0n) is 10.3. The number of hydrazone groups is 1. The smallest absolute Gasteiger partial charge is 0.344 e. The molecular formula is C12H11N3O5. The van der Waals surface area contributed by atoms with Gasteiger partial charge < -0.3 is 9.84 Å². The van der Waals surface area contributed by atoms with E-state index in [9.17, 15) is 14.4 Å². The molecule has 2 N–H and O–H groups in total. The third kappa shape index (κ3) is 3.55. The van der Waals surface area contributed by atoms with Gasteiger partial charge >= 0.3 is 12.0 Å². The molecule has 1 fully saturated rings. The lowest BCUT2D eigenvalue weighted by molar-refractivity contribution is -0.139. The van der Waals surface area contributed by atoms with Crippen LogP contribution in [0.25, 0.3) is 0 Å². The highest BCUT2D eigenvalue weighted by Gasteiger charge is 2.25. The van der Waals surface area contributed by atoms with Crippen molar-refractivity contribution in [3.05, 3.63) is 29.8 Å². The number of carbonyl (C=O) groups excluding carboxylic acids is 2. The van der Waals surface area contributed by atoms with E-state index < -0.39 is 24.5 Å². The second kappa shape index (κ2) is 5.83. The van der Waals surface area contributed by atoms with Crippen LogP contribution in [-0.4, -0.2) is 47.4 Å². The van der Waals surface area contributed by atoms with Crippen LogP contribution in [0.5, 0.6) is 5.75 Å². The van der Waals surface area contributed by atoms with Crippen LogP contribution >= 0.6 is 0 Å². The summed E-state index contributed by atoms with van der Waals surface area (Å²) in [5.74, 6) is -1.04. The van der Waals surface area contributed by atoms with E-state index in [2.05, 4.69) is 10.4 Å². The zero-order valence-corrected chi connectivity index (χ0v) is 10.3. The molecule has 3 amide bonds. The van der Waals surface area contributed by atoms with Gasteiger partial charge in [0, 0.05) is 0 Å². The summed E-state index contributed by atoms with van der Waals surface area (Å²) in [4.78, 5) is 32.5. The van der Waals surface area contributed by atoms with Crippen LogP contribution in [0.1, 0.15) is 5.56 Å². The minimum absolute atomic E-state index is 0.102. The Bertz CT molecular complexity index is 567. The number of amides is 3. The van der Waals surface area contributed by atoms with Gasteiger partial charge in [0.15, 0.2) is 6.61 Å². The SMILES string of the molecule is O=C(O)COc1ccc(/C=N/N2CC(=O)NC2=O)cc1. The summed E-state index contributed by atoms with van der Waals surface area (Å²) in [5.41, 5.74) is 0.680. The Morgan fingerprint density at radius 1 is 1.40 bits per heavy atom. The number of hydrogen-bond acceptors (Lipinski definition) is 5. The zero-order chi connectivity index (χ0) is 14.5. The van der Waals surface area contributed by atoms with Gasteiger partial charge in [0.2, 0.25) is 5.91 Å². The molecule has 0 unspecified atom stereocenters. The van der Waals surface area contributed by atoms with E-state index in [0.717, 1.165) is 5.01 Å². The van der Waals surface area contributed by atoms with Crippen molar-refractivity contribution in [3.8, 4) is 5.75 Å². The number of benzene rings is 1. The standard InChI is InChI=1S/C12H11N3O5/c16-10-6-15(12(19)14-10)13-5-8-1-3-9(4-2-8)20-7-11(17)18/h1-5H,6-7H2,(H,17,18)(H,14,16,19)/b13-5+. The third-order valence-electron chi connectivity index (χ3n) is 2.36. The molecule has 1 aromatic carbocycles. The molecule has 8 heteroatoms. The van der Waals surface area contributed by atoms with Gasteiger partial charge in [-0.15, -0.1) is 0 Å². The molecule has 0 radical (unpaired) electrons. The van der Waals surface area contributed by atoms with Gasteiger partial charge in [0.1, 0.15) is 12.3 Å². The molecule has 0 saturated carbocycles. The number of rotatable bonds is 5. The number of nitrogens with one attached hydrogen (secondary N) is 1. The van der Waals surface area contributed by atoms with E-state index in [0.29, 0.717) is 11.3 Å². The molecule has 8 nitrogen and oxygen atoms in total. The first-order chi connectivity index (χ1) is 9.54. The maximum absolute atomic E-state index is 11.2. The fraction of sp³-hybridized carbons (Fsp3) is 0.167. The van der Waals surface area contributed by atoms with E-state index in [-0.39, 0.29) is 6.54 Å². The molecule has 104 valence electrons. The molecule has 1 saturated heterocycles. The van der Waals surface area contributed by atoms with Gasteiger partial charge in [-0.3, -0.25) is 10.1 Å². The first-order valence-electron chi connectivity index (χ1n) is 5.64. The van der Waals surface area contributed by atoms with Gasteiger partial charge in [0.25, 0.3) is 0 Å². The van der Waals surface area contributed by atoms with Crippen molar-refractivity contribution in [2.75, 3.05) is 13.2 Å². The lowest BCUT2D eigenvalue weighted by atomic mass is 10.2. The summed E-state index contributed by atoms with van der Waals surface area (Å²) in [7, 11) is 0. The fourth-order valence-electron chi connectivity index (χ4n) is 1.46. The topological polar surface area (TPSA) is 108 Å². The van der Waals surface area contributed by atoms with Gasteiger partial charge in [-0.1, -0.05) is 0 Å². The van der Waals surface area contributed by atoms with E-state index in [1.165, 1.54) is 6.21 Å². The molecule has 0 atom stereocenters. The summed E-state index contributed by atoms with van der Waals surface area (Å²) < 4.78 is 4.97. The summed E-state index contributed by atoms with van der Waals surface area (Å²) in [6.07, 6.45) is 1.42. The number of nitrogens with zero attached hydrogens (tertiary/aromatic N) is 2. The van der Waals surface area contributed by atoms with Crippen molar-refractivity contribution in [3.63, 3.8) is 0 Å². The summed E-state index contributed by atoms with van der Waals surface area (Å²) in [5, 5.41) is 15.4. The number of aliphatic carboxylic acids is 1. The number of carboxylic acids is 1. The summed E-state index contributed by atoms with van der Waals surface area (Å²) in [6, 6.07) is 5.90. The quantitative estimate of drug-likeness (QED) is 0.583. The van der Waals surface area contributed by atoms with Crippen LogP contribution in [0.3, 0.4) is 0 Å². The van der Waals surface area contributed by atoms with Crippen molar-refractivity contribution >= 4 is 24.1 Å². The molecule has 0 spiro atoms. The second-order valence-corrected chi connectivity index (χ2v) is 3.91. The third-order valence-corrected chi connectivity index (χ3v) is 2.36. The average molecular weight is 277 g/mol. The van der Waals surface area contributed by atoms with Crippen molar-refractivity contribution in [2.45, 2.75) is 0 Å². The first-order valence-corrected chi connectivity index (χ1v) is 5.64. The predicted octanol–water partition coefficient (Wildman–Crippen LogP) is 0.0357. The van der Waals surface area contributed by atoms with Crippen LogP contribution in [0.2, 0.25) is 0 Å². The van der Waals surface area contributed by atoms with Crippen molar-refractivity contribution in [1.82, 2.24) is 10.3 Å². The van der Waals surface area contributed by atoms with Crippen LogP contribution < -0.4 is 10.1 Å². The molecule has 0 bridgehead atoms. The highest BCUT2D eigenvalue weighted by atomic mass is 16.5. The minimum Gasteiger partial charge on any atom is -0.482 e. The Morgan fingerprint density at radius 3 is 2.65 bits per heavy atom. The Hall–Kier alpha value is -2.90. The van der Waals surface area contributed by atoms with Crippen molar-refractivity contribution < 1.29 is 24.2 Å². The van der Waals surface area contributed by atoms with Gasteiger partial charge in [-0.05, 0) is 29.8 Å². The highest BCUT2D eigenvalue weighted by Crippen LogP contribution is 2.11. The average Bonchev–Trinajstić information content (AvgIpc) is 2.73. The molecule has 1 heterocycles. The van der Waals surface area contributed by atoms with Gasteiger partial charge in [-0.25, -0.2) is 14.6 Å². The van der Waals surface area contributed by atoms with Crippen LogP contribution in [0.4, 0.5) is 4.79 Å². The molecule has 2 rings (SSSR count). The monoisotopic (exact) mass is 277 g/mol. The van der Waals surface area contributed by atoms with E-state index in [1.807, 2.05) is 0 Å². The molecule has 0 aliphatic carbocycles. The molecule has 20 heavy (non-hydrogen) atoms. The van der Waals surface area contributed by atoms with E-state index in [1.54, 1.807) is 24.3 Å². The summed E-state index contributed by atoms with van der Waals surface area (Å²) >= 11 is 0. The molecule has 1 aliphatic rings. The molecule has 1 aliphatic heterocycles. The maximum Gasteiger partial charge on any atom is 0.344 e. The second-order valence-electron chi connectivity index (χ2n) is 3.91. The van der Waals surface area contributed by atoms with Crippen LogP contribution in [0, 0.1) is 0 Å². The van der Waals surface area contributed by atoms with E-state index >= 15 is 0 Å². The number of ether oxygens (including phenoxy) is 1. The number of hydrogen-bond donors (Lipinski definition) is 2. The predicted molar refractivity (Wildman–Crippen MR) is 67.4 cm³/mol. The molecule has 0 aromatic heterocycles. The Balaban J connectivity index is 1.95. The Morgan fingerprint density at radius 2 is 2.10 bits per heavy atom. The number of carbonyl (C=O) groups is 3. The molecule has 1 aromatic rings. The first kappa shape index (κ1) is 13.5. The lowest BCUT2D eigenvalue weighted by Gasteiger charge is -2.05. The van der Waals surface area contributed by atoms with Crippen LogP contribution in [0.15, 0.2) is 29.4 Å². The lowest BCUT2D eigenvalue weighted by Crippen LogP contribution is -2.24. The Kier molecular flexibility index (Phi) is 3.94. The van der Waals surface area contributed by atoms with Gasteiger partial charge in [-0.2, -0.15) is 5.10 Å². The maximum atomic E-state index is 11.2. The molecular weight excluding hydrogens is 266 g/mol. The number of imide groups is 1. The summed E-state index contributed by atoms with van der Waals surface area (Å²) in [6.45, 7) is -0.515. The van der Waals surface area contributed by atoms with Crippen molar-refractivity contribution in [2.24, 2.45) is 5.10 Å². The Labute approximate surface area is 113 Å². The number of carboxylic acid groups (broad SMARTS) is 1. The highest BCUT2D eigenvalue weighted by molar-refractivity contribution is 6.02. The largest absolute Gasteiger partial charge is 0.482 e. The normalized spacial score (nSPS) is 14.7. The number of urea groups is 1.